The summed E-state index contributed by atoms with van der Waals surface area (Å²) in [5.74, 6) is 1.61. The number of rotatable bonds is 4. The molecule has 0 aliphatic rings. The van der Waals surface area contributed by atoms with Crippen molar-refractivity contribution in [3.05, 3.63) is 37.0 Å². The molecule has 0 fully saturated rings. The van der Waals surface area contributed by atoms with Crippen LogP contribution in [0.5, 0.6) is 0 Å². The molecule has 106 valence electrons. The second kappa shape index (κ2) is 7.04. The predicted molar refractivity (Wildman–Crippen MR) is 96.4 cm³/mol. The van der Waals surface area contributed by atoms with Crippen LogP contribution in [-0.2, 0) is 6.42 Å². The zero-order chi connectivity index (χ0) is 14.7. The minimum Gasteiger partial charge on any atom is -0.369 e. The van der Waals surface area contributed by atoms with E-state index in [9.17, 15) is 0 Å². The summed E-state index contributed by atoms with van der Waals surface area (Å²) in [5, 5.41) is 3.97. The Hall–Kier alpha value is -0.400. The lowest BCUT2D eigenvalue weighted by Gasteiger charge is -2.11. The molecular weight excluding hydrogens is 452 g/mol. The fourth-order valence-electron chi connectivity index (χ4n) is 1.78. The molecule has 0 saturated carbocycles. The van der Waals surface area contributed by atoms with Gasteiger partial charge in [-0.2, -0.15) is 0 Å². The highest BCUT2D eigenvalue weighted by Gasteiger charge is 2.12. The molecule has 0 aliphatic heterocycles. The fourth-order valence-corrected chi connectivity index (χ4v) is 3.09. The van der Waals surface area contributed by atoms with Crippen LogP contribution >= 0.6 is 50.1 Å². The molecule has 0 spiro atoms. The van der Waals surface area contributed by atoms with Crippen LogP contribution in [0.2, 0.25) is 5.02 Å². The summed E-state index contributed by atoms with van der Waals surface area (Å²) in [6.07, 6.45) is 0.876. The number of hydrogen-bond acceptors (Lipinski definition) is 3. The molecule has 0 atom stereocenters. The summed E-state index contributed by atoms with van der Waals surface area (Å²) >= 11 is 11.8. The summed E-state index contributed by atoms with van der Waals surface area (Å²) < 4.78 is 1.94. The monoisotopic (exact) mass is 465 g/mol. The summed E-state index contributed by atoms with van der Waals surface area (Å²) in [6.45, 7) is 4.99. The van der Waals surface area contributed by atoms with Crippen molar-refractivity contribution < 1.29 is 0 Å². The molecule has 0 aliphatic carbocycles. The topological polar surface area (TPSA) is 37.8 Å². The highest BCUT2D eigenvalue weighted by atomic mass is 127. The first-order valence-electron chi connectivity index (χ1n) is 6.32. The highest BCUT2D eigenvalue weighted by molar-refractivity contribution is 14.1. The van der Waals surface area contributed by atoms with E-state index in [1.807, 2.05) is 18.2 Å². The Bertz CT molecular complexity index is 634. The highest BCUT2D eigenvalue weighted by Crippen LogP contribution is 2.29. The molecular formula is C14H14BrClIN3. The Kier molecular flexibility index (Phi) is 5.63. The minimum absolute atomic E-state index is 0.682. The summed E-state index contributed by atoms with van der Waals surface area (Å²) in [5.41, 5.74) is 2.00. The third-order valence-electron chi connectivity index (χ3n) is 2.78. The van der Waals surface area contributed by atoms with Crippen LogP contribution in [0.4, 0.5) is 5.82 Å². The van der Waals surface area contributed by atoms with Crippen LogP contribution in [-0.4, -0.2) is 16.5 Å². The Morgan fingerprint density at radius 2 is 2.05 bits per heavy atom. The lowest BCUT2D eigenvalue weighted by molar-refractivity contribution is 0.982. The van der Waals surface area contributed by atoms with Gasteiger partial charge in [0.05, 0.1) is 14.3 Å². The van der Waals surface area contributed by atoms with Crippen LogP contribution in [0.15, 0.2) is 22.7 Å². The number of benzene rings is 1. The molecule has 0 saturated heterocycles. The van der Waals surface area contributed by atoms with Gasteiger partial charge in [-0.15, -0.1) is 0 Å². The first-order chi connectivity index (χ1) is 9.56. The van der Waals surface area contributed by atoms with Gasteiger partial charge in [0, 0.05) is 16.6 Å². The molecule has 0 radical (unpaired) electrons. The van der Waals surface area contributed by atoms with Gasteiger partial charge in [-0.25, -0.2) is 9.97 Å². The van der Waals surface area contributed by atoms with Gasteiger partial charge in [0.25, 0.3) is 0 Å². The maximum absolute atomic E-state index is 6.03. The van der Waals surface area contributed by atoms with Gasteiger partial charge >= 0.3 is 0 Å². The fraction of sp³-hybridized carbons (Fsp3) is 0.286. The van der Waals surface area contributed by atoms with E-state index in [2.05, 4.69) is 67.7 Å². The lowest BCUT2D eigenvalue weighted by atomic mass is 10.2. The van der Waals surface area contributed by atoms with E-state index in [-0.39, 0.29) is 0 Å². The quantitative estimate of drug-likeness (QED) is 0.633. The van der Waals surface area contributed by atoms with Crippen molar-refractivity contribution in [1.82, 2.24) is 9.97 Å². The van der Waals surface area contributed by atoms with Crippen LogP contribution < -0.4 is 5.32 Å². The maximum atomic E-state index is 6.03. The third kappa shape index (κ3) is 3.43. The van der Waals surface area contributed by atoms with Gasteiger partial charge < -0.3 is 5.32 Å². The number of halogens is 3. The van der Waals surface area contributed by atoms with Gasteiger partial charge in [-0.05, 0) is 70.1 Å². The number of hydrogen-bond donors (Lipinski definition) is 1. The Labute approximate surface area is 145 Å². The molecule has 0 bridgehead atoms. The van der Waals surface area contributed by atoms with Gasteiger partial charge in [-0.1, -0.05) is 18.5 Å². The van der Waals surface area contributed by atoms with Crippen LogP contribution in [0, 0.1) is 3.57 Å². The SMILES string of the molecule is CCNc1nc(-c2ccc(Cl)c(Br)c2)nc(CC)c1I. The van der Waals surface area contributed by atoms with Gasteiger partial charge in [0.1, 0.15) is 5.82 Å². The number of nitrogens with one attached hydrogen (secondary N) is 1. The molecule has 1 N–H and O–H groups in total. The molecule has 3 nitrogen and oxygen atoms in total. The standard InChI is InChI=1S/C14H14BrClIN3/c1-3-11-12(17)14(18-4-2)20-13(19-11)8-5-6-10(16)9(15)7-8/h5-7H,3-4H2,1-2H3,(H,18,19,20). The van der Waals surface area contributed by atoms with Crippen molar-refractivity contribution in [3.63, 3.8) is 0 Å². The molecule has 20 heavy (non-hydrogen) atoms. The number of aromatic nitrogens is 2. The van der Waals surface area contributed by atoms with Crippen molar-refractivity contribution in [2.24, 2.45) is 0 Å². The van der Waals surface area contributed by atoms with E-state index in [4.69, 9.17) is 11.6 Å². The van der Waals surface area contributed by atoms with Crippen molar-refractivity contribution in [2.75, 3.05) is 11.9 Å². The normalized spacial score (nSPS) is 10.7. The second-order valence-electron chi connectivity index (χ2n) is 4.17. The maximum Gasteiger partial charge on any atom is 0.161 e. The Morgan fingerprint density at radius 3 is 2.65 bits per heavy atom. The second-order valence-corrected chi connectivity index (χ2v) is 6.51. The van der Waals surface area contributed by atoms with E-state index in [1.165, 1.54) is 0 Å². The first-order valence-corrected chi connectivity index (χ1v) is 8.57. The van der Waals surface area contributed by atoms with Gasteiger partial charge in [-0.3, -0.25) is 0 Å². The predicted octanol–water partition coefficient (Wildman–Crippen LogP) is 5.16. The number of aryl methyl sites for hydroxylation is 1. The van der Waals surface area contributed by atoms with Crippen LogP contribution in [0.1, 0.15) is 19.5 Å². The average molecular weight is 467 g/mol. The van der Waals surface area contributed by atoms with Crippen molar-refractivity contribution in [1.29, 1.82) is 0 Å². The minimum atomic E-state index is 0.682. The molecule has 2 rings (SSSR count). The Morgan fingerprint density at radius 1 is 1.30 bits per heavy atom. The van der Waals surface area contributed by atoms with Gasteiger partial charge in [0.15, 0.2) is 5.82 Å². The molecule has 0 amide bonds. The average Bonchev–Trinajstić information content (AvgIpc) is 2.44. The molecule has 1 aromatic carbocycles. The summed E-state index contributed by atoms with van der Waals surface area (Å²) in [4.78, 5) is 9.27. The van der Waals surface area contributed by atoms with E-state index in [1.54, 1.807) is 0 Å². The van der Waals surface area contributed by atoms with E-state index >= 15 is 0 Å². The van der Waals surface area contributed by atoms with E-state index in [0.717, 1.165) is 43.9 Å². The van der Waals surface area contributed by atoms with E-state index in [0.29, 0.717) is 5.02 Å². The first kappa shape index (κ1) is 16.0. The number of nitrogens with zero attached hydrogens (tertiary/aromatic N) is 2. The molecule has 1 heterocycles. The van der Waals surface area contributed by atoms with Crippen molar-refractivity contribution in [3.8, 4) is 11.4 Å². The smallest absolute Gasteiger partial charge is 0.161 e. The zero-order valence-corrected chi connectivity index (χ0v) is 15.7. The van der Waals surface area contributed by atoms with E-state index < -0.39 is 0 Å². The van der Waals surface area contributed by atoms with Crippen molar-refractivity contribution >= 4 is 55.9 Å². The van der Waals surface area contributed by atoms with Crippen LogP contribution in [0.3, 0.4) is 0 Å². The zero-order valence-electron chi connectivity index (χ0n) is 11.2. The largest absolute Gasteiger partial charge is 0.369 e. The molecule has 2 aromatic rings. The van der Waals surface area contributed by atoms with Gasteiger partial charge in [0.2, 0.25) is 0 Å². The molecule has 6 heteroatoms. The third-order valence-corrected chi connectivity index (χ3v) is 5.12. The molecule has 1 aromatic heterocycles. The van der Waals surface area contributed by atoms with Crippen LogP contribution in [0.25, 0.3) is 11.4 Å². The summed E-state index contributed by atoms with van der Waals surface area (Å²) in [6, 6.07) is 5.73. The number of anilines is 1. The molecule has 0 unspecified atom stereocenters. The Balaban J connectivity index is 2.55. The lowest BCUT2D eigenvalue weighted by Crippen LogP contribution is -2.07. The van der Waals surface area contributed by atoms with Crippen molar-refractivity contribution in [2.45, 2.75) is 20.3 Å². The summed E-state index contributed by atoms with van der Waals surface area (Å²) in [7, 11) is 0.